The Morgan fingerprint density at radius 2 is 1.71 bits per heavy atom. The average Bonchev–Trinajstić information content (AvgIpc) is 2.99. The molecule has 138 valence electrons. The van der Waals surface area contributed by atoms with E-state index in [0.717, 1.165) is 0 Å². The van der Waals surface area contributed by atoms with Crippen molar-refractivity contribution in [1.29, 1.82) is 0 Å². The molecule has 0 radical (unpaired) electrons. The molecule has 0 saturated heterocycles. The van der Waals surface area contributed by atoms with Gasteiger partial charge in [-0.05, 0) is 54.1 Å². The normalized spacial score (nSPS) is 13.9. The number of rotatable bonds is 3. The van der Waals surface area contributed by atoms with Gasteiger partial charge in [-0.15, -0.1) is 0 Å². The molecular formula is C22H12Cl2O4. The first-order valence-corrected chi connectivity index (χ1v) is 9.07. The highest BCUT2D eigenvalue weighted by Crippen LogP contribution is 2.35. The van der Waals surface area contributed by atoms with Gasteiger partial charge in [0.2, 0.25) is 5.78 Å². The first-order valence-electron chi connectivity index (χ1n) is 8.32. The number of ketones is 1. The number of halogens is 2. The van der Waals surface area contributed by atoms with Gasteiger partial charge in [0.25, 0.3) is 0 Å². The van der Waals surface area contributed by atoms with Crippen molar-refractivity contribution in [3.8, 4) is 11.5 Å². The van der Waals surface area contributed by atoms with Crippen LogP contribution in [0.4, 0.5) is 0 Å². The molecule has 0 atom stereocenters. The van der Waals surface area contributed by atoms with Gasteiger partial charge in [0.05, 0.1) is 11.1 Å². The number of ether oxygens (including phenoxy) is 2. The fourth-order valence-electron chi connectivity index (χ4n) is 2.72. The van der Waals surface area contributed by atoms with Crippen LogP contribution in [0, 0.1) is 0 Å². The van der Waals surface area contributed by atoms with Crippen molar-refractivity contribution < 1.29 is 19.1 Å². The zero-order chi connectivity index (χ0) is 19.7. The molecule has 4 nitrogen and oxygen atoms in total. The third-order valence-electron chi connectivity index (χ3n) is 4.12. The molecule has 0 spiro atoms. The number of benzene rings is 3. The molecule has 0 fully saturated rings. The third-order valence-corrected chi connectivity index (χ3v) is 4.72. The third kappa shape index (κ3) is 3.65. The minimum absolute atomic E-state index is 0.157. The second-order valence-electron chi connectivity index (χ2n) is 6.02. The van der Waals surface area contributed by atoms with Gasteiger partial charge in [-0.3, -0.25) is 4.79 Å². The highest BCUT2D eigenvalue weighted by molar-refractivity contribution is 6.32. The van der Waals surface area contributed by atoms with Crippen LogP contribution in [0.25, 0.3) is 6.08 Å². The van der Waals surface area contributed by atoms with Crippen molar-refractivity contribution in [2.24, 2.45) is 0 Å². The summed E-state index contributed by atoms with van der Waals surface area (Å²) in [5.41, 5.74) is 1.43. The van der Waals surface area contributed by atoms with Gasteiger partial charge in [-0.25, -0.2) is 4.79 Å². The molecule has 3 aromatic carbocycles. The number of Topliss-reactive ketones (excluding diaryl/α,β-unsaturated/α-hetero) is 1. The largest absolute Gasteiger partial charge is 0.452 e. The molecule has 0 N–H and O–H groups in total. The number of carbonyl (C=O) groups excluding carboxylic acids is 2. The topological polar surface area (TPSA) is 52.6 Å². The summed E-state index contributed by atoms with van der Waals surface area (Å²) in [6.45, 7) is 0. The maximum atomic E-state index is 12.5. The van der Waals surface area contributed by atoms with E-state index in [1.54, 1.807) is 60.7 Å². The lowest BCUT2D eigenvalue weighted by atomic mass is 10.1. The van der Waals surface area contributed by atoms with Crippen molar-refractivity contribution in [3.63, 3.8) is 0 Å². The predicted octanol–water partition coefficient (Wildman–Crippen LogP) is 5.83. The fourth-order valence-corrected chi connectivity index (χ4v) is 3.03. The Labute approximate surface area is 170 Å². The zero-order valence-corrected chi connectivity index (χ0v) is 15.8. The molecule has 0 aliphatic carbocycles. The maximum absolute atomic E-state index is 12.5. The van der Waals surface area contributed by atoms with E-state index in [4.69, 9.17) is 32.7 Å². The molecule has 1 heterocycles. The maximum Gasteiger partial charge on any atom is 0.343 e. The van der Waals surface area contributed by atoms with E-state index in [-0.39, 0.29) is 17.3 Å². The molecule has 6 heteroatoms. The SMILES string of the molecule is O=C(Oc1ccc2c(c1)O/C(=C\c1ccccc1Cl)C2=O)c1ccc(Cl)cc1. The minimum Gasteiger partial charge on any atom is -0.452 e. The summed E-state index contributed by atoms with van der Waals surface area (Å²) in [4.78, 5) is 24.8. The summed E-state index contributed by atoms with van der Waals surface area (Å²) in [7, 11) is 0. The van der Waals surface area contributed by atoms with Crippen LogP contribution in [0.5, 0.6) is 11.5 Å². The molecule has 0 saturated carbocycles. The van der Waals surface area contributed by atoms with Crippen molar-refractivity contribution in [3.05, 3.63) is 99.2 Å². The summed E-state index contributed by atoms with van der Waals surface area (Å²) < 4.78 is 11.0. The van der Waals surface area contributed by atoms with E-state index in [0.29, 0.717) is 32.5 Å². The van der Waals surface area contributed by atoms with Gasteiger partial charge in [-0.1, -0.05) is 41.4 Å². The first-order chi connectivity index (χ1) is 13.5. The Bertz CT molecular complexity index is 1120. The first kappa shape index (κ1) is 18.3. The Balaban J connectivity index is 1.56. The second-order valence-corrected chi connectivity index (χ2v) is 6.86. The standard InChI is InChI=1S/C22H12Cl2O4/c23-15-7-5-13(6-8-15)22(26)27-16-9-10-17-19(12-16)28-20(21(17)25)11-14-3-1-2-4-18(14)24/h1-12H/b20-11-. The molecule has 28 heavy (non-hydrogen) atoms. The molecule has 0 amide bonds. The summed E-state index contributed by atoms with van der Waals surface area (Å²) in [6.07, 6.45) is 1.59. The van der Waals surface area contributed by atoms with E-state index in [2.05, 4.69) is 0 Å². The van der Waals surface area contributed by atoms with Gasteiger partial charge in [0.1, 0.15) is 11.5 Å². The van der Waals surface area contributed by atoms with Gasteiger partial charge < -0.3 is 9.47 Å². The smallest absolute Gasteiger partial charge is 0.343 e. The van der Waals surface area contributed by atoms with Crippen LogP contribution in [0.15, 0.2) is 72.5 Å². The highest BCUT2D eigenvalue weighted by atomic mass is 35.5. The van der Waals surface area contributed by atoms with Crippen LogP contribution >= 0.6 is 23.2 Å². The van der Waals surface area contributed by atoms with Crippen LogP contribution in [0.2, 0.25) is 10.0 Å². The van der Waals surface area contributed by atoms with Crippen LogP contribution in [-0.4, -0.2) is 11.8 Å². The van der Waals surface area contributed by atoms with Crippen molar-refractivity contribution in [1.82, 2.24) is 0 Å². The monoisotopic (exact) mass is 410 g/mol. The second kappa shape index (κ2) is 7.50. The Morgan fingerprint density at radius 3 is 2.46 bits per heavy atom. The number of esters is 1. The van der Waals surface area contributed by atoms with Gasteiger partial charge in [0.15, 0.2) is 5.76 Å². The number of hydrogen-bond acceptors (Lipinski definition) is 4. The van der Waals surface area contributed by atoms with Crippen molar-refractivity contribution in [2.75, 3.05) is 0 Å². The van der Waals surface area contributed by atoms with E-state index in [1.165, 1.54) is 6.07 Å². The quantitative estimate of drug-likeness (QED) is 0.309. The van der Waals surface area contributed by atoms with E-state index in [9.17, 15) is 9.59 Å². The number of carbonyl (C=O) groups is 2. The molecule has 0 bridgehead atoms. The fraction of sp³-hybridized carbons (Fsp3) is 0. The lowest BCUT2D eigenvalue weighted by Gasteiger charge is -2.06. The summed E-state index contributed by atoms with van der Waals surface area (Å²) in [6, 6.07) is 18.1. The molecule has 4 rings (SSSR count). The minimum atomic E-state index is -0.534. The number of allylic oxidation sites excluding steroid dienone is 1. The summed E-state index contributed by atoms with van der Waals surface area (Å²) >= 11 is 12.0. The number of fused-ring (bicyclic) bond motifs is 1. The summed E-state index contributed by atoms with van der Waals surface area (Å²) in [5, 5.41) is 1.04. The number of hydrogen-bond donors (Lipinski definition) is 0. The Hall–Kier alpha value is -3.08. The lowest BCUT2D eigenvalue weighted by Crippen LogP contribution is -2.08. The molecule has 3 aromatic rings. The molecule has 0 aromatic heterocycles. The van der Waals surface area contributed by atoms with Crippen LogP contribution in [0.1, 0.15) is 26.3 Å². The molecule has 1 aliphatic heterocycles. The molecule has 0 unspecified atom stereocenters. The lowest BCUT2D eigenvalue weighted by molar-refractivity contribution is 0.0734. The zero-order valence-electron chi connectivity index (χ0n) is 14.3. The van der Waals surface area contributed by atoms with Crippen LogP contribution in [-0.2, 0) is 0 Å². The van der Waals surface area contributed by atoms with E-state index < -0.39 is 5.97 Å². The Morgan fingerprint density at radius 1 is 0.964 bits per heavy atom. The van der Waals surface area contributed by atoms with E-state index >= 15 is 0 Å². The van der Waals surface area contributed by atoms with Gasteiger partial charge in [-0.2, -0.15) is 0 Å². The van der Waals surface area contributed by atoms with Crippen molar-refractivity contribution in [2.45, 2.75) is 0 Å². The van der Waals surface area contributed by atoms with E-state index in [1.807, 2.05) is 6.07 Å². The van der Waals surface area contributed by atoms with Gasteiger partial charge >= 0.3 is 5.97 Å². The summed E-state index contributed by atoms with van der Waals surface area (Å²) in [5.74, 6) is -0.0437. The molecular weight excluding hydrogens is 399 g/mol. The Kier molecular flexibility index (Phi) is 4.90. The predicted molar refractivity (Wildman–Crippen MR) is 107 cm³/mol. The van der Waals surface area contributed by atoms with Gasteiger partial charge in [0, 0.05) is 16.1 Å². The molecule has 1 aliphatic rings. The highest BCUT2D eigenvalue weighted by Gasteiger charge is 2.28. The van der Waals surface area contributed by atoms with Crippen LogP contribution < -0.4 is 9.47 Å². The average molecular weight is 411 g/mol. The van der Waals surface area contributed by atoms with Crippen LogP contribution in [0.3, 0.4) is 0 Å². The van der Waals surface area contributed by atoms with Crippen molar-refractivity contribution >= 4 is 41.0 Å².